The van der Waals surface area contributed by atoms with Crippen LogP contribution in [0.4, 0.5) is 32.0 Å². The van der Waals surface area contributed by atoms with Crippen molar-refractivity contribution < 1.29 is 35.9 Å². The Hall–Kier alpha value is -3.23. The van der Waals surface area contributed by atoms with Gasteiger partial charge < -0.3 is 10.1 Å². The third kappa shape index (κ3) is 5.03. The first-order chi connectivity index (χ1) is 13.9. The maximum Gasteiger partial charge on any atom is 0.416 e. The minimum Gasteiger partial charge on any atom is -0.481 e. The molecule has 0 bridgehead atoms. The number of carbonyl (C=O) groups excluding carboxylic acids is 1. The van der Waals surface area contributed by atoms with Gasteiger partial charge >= 0.3 is 12.4 Å². The van der Waals surface area contributed by atoms with E-state index in [4.69, 9.17) is 4.74 Å². The standard InChI is InChI=1S/C21H15F6NO2/c1-12(30-18-7-6-13-4-2-3-5-14(13)8-18)19(29)28-17-10-15(20(22,23)24)9-16(11-17)21(25,26)27/h2-12H,1H3,(H,28,29)/t12-/m0/s1. The van der Waals surface area contributed by atoms with E-state index in [9.17, 15) is 31.1 Å². The van der Waals surface area contributed by atoms with Gasteiger partial charge in [-0.1, -0.05) is 30.3 Å². The number of rotatable bonds is 4. The number of ether oxygens (including phenoxy) is 1. The van der Waals surface area contributed by atoms with E-state index in [0.717, 1.165) is 10.8 Å². The van der Waals surface area contributed by atoms with E-state index in [-0.39, 0.29) is 6.07 Å². The van der Waals surface area contributed by atoms with Crippen LogP contribution in [0.15, 0.2) is 60.7 Å². The summed E-state index contributed by atoms with van der Waals surface area (Å²) in [7, 11) is 0. The first-order valence-electron chi connectivity index (χ1n) is 8.69. The lowest BCUT2D eigenvalue weighted by molar-refractivity contribution is -0.143. The Morgan fingerprint density at radius 3 is 1.97 bits per heavy atom. The Morgan fingerprint density at radius 1 is 0.833 bits per heavy atom. The predicted octanol–water partition coefficient (Wildman–Crippen LogP) is 6.28. The van der Waals surface area contributed by atoms with Crippen molar-refractivity contribution in [3.63, 3.8) is 0 Å². The molecular formula is C21H15F6NO2. The molecule has 3 nitrogen and oxygen atoms in total. The molecule has 0 aliphatic heterocycles. The van der Waals surface area contributed by atoms with Crippen LogP contribution in [0.5, 0.6) is 5.75 Å². The lowest BCUT2D eigenvalue weighted by atomic mass is 10.1. The molecule has 0 unspecified atom stereocenters. The van der Waals surface area contributed by atoms with E-state index in [1.165, 1.54) is 6.92 Å². The van der Waals surface area contributed by atoms with Crippen LogP contribution in [-0.2, 0) is 17.1 Å². The van der Waals surface area contributed by atoms with Crippen LogP contribution in [-0.4, -0.2) is 12.0 Å². The molecule has 3 aromatic carbocycles. The second kappa shape index (κ2) is 7.89. The van der Waals surface area contributed by atoms with Crippen molar-refractivity contribution in [1.82, 2.24) is 0 Å². The minimum atomic E-state index is -5.01. The maximum absolute atomic E-state index is 12.9. The summed E-state index contributed by atoms with van der Waals surface area (Å²) in [4.78, 5) is 12.3. The summed E-state index contributed by atoms with van der Waals surface area (Å²) in [5.74, 6) is -0.563. The first kappa shape index (κ1) is 21.5. The zero-order valence-electron chi connectivity index (χ0n) is 15.4. The summed E-state index contributed by atoms with van der Waals surface area (Å²) in [5, 5.41) is 3.84. The van der Waals surface area contributed by atoms with Gasteiger partial charge in [0.2, 0.25) is 0 Å². The van der Waals surface area contributed by atoms with Crippen LogP contribution in [0.3, 0.4) is 0 Å². The van der Waals surface area contributed by atoms with Gasteiger partial charge in [-0.3, -0.25) is 4.79 Å². The molecule has 3 aromatic rings. The molecule has 0 aliphatic rings. The number of anilines is 1. The first-order valence-corrected chi connectivity index (χ1v) is 8.69. The topological polar surface area (TPSA) is 38.3 Å². The van der Waals surface area contributed by atoms with Crippen LogP contribution in [0.2, 0.25) is 0 Å². The Balaban J connectivity index is 1.80. The molecular weight excluding hydrogens is 412 g/mol. The molecule has 9 heteroatoms. The Bertz CT molecular complexity index is 1040. The number of alkyl halides is 6. The zero-order valence-corrected chi connectivity index (χ0v) is 15.4. The number of halogens is 6. The molecule has 3 rings (SSSR count). The molecule has 1 atom stereocenters. The number of fused-ring (bicyclic) bond motifs is 1. The summed E-state index contributed by atoms with van der Waals surface area (Å²) >= 11 is 0. The van der Waals surface area contributed by atoms with Gasteiger partial charge in [0.25, 0.3) is 5.91 Å². The number of carbonyl (C=O) groups is 1. The fourth-order valence-corrected chi connectivity index (χ4v) is 2.77. The highest BCUT2D eigenvalue weighted by atomic mass is 19.4. The fraction of sp³-hybridized carbons (Fsp3) is 0.190. The van der Waals surface area contributed by atoms with E-state index >= 15 is 0 Å². The van der Waals surface area contributed by atoms with Gasteiger partial charge in [-0.15, -0.1) is 0 Å². The lowest BCUT2D eigenvalue weighted by Gasteiger charge is -2.17. The average molecular weight is 427 g/mol. The maximum atomic E-state index is 12.9. The van der Waals surface area contributed by atoms with Crippen LogP contribution < -0.4 is 10.1 Å². The van der Waals surface area contributed by atoms with Gasteiger partial charge in [-0.2, -0.15) is 26.3 Å². The smallest absolute Gasteiger partial charge is 0.416 e. The summed E-state index contributed by atoms with van der Waals surface area (Å²) < 4.78 is 83.2. The highest BCUT2D eigenvalue weighted by molar-refractivity contribution is 5.94. The second-order valence-corrected chi connectivity index (χ2v) is 6.55. The SMILES string of the molecule is C[C@H](Oc1ccc2ccccc2c1)C(=O)Nc1cc(C(F)(F)F)cc(C(F)(F)F)c1. The van der Waals surface area contributed by atoms with Gasteiger partial charge in [0.05, 0.1) is 11.1 Å². The highest BCUT2D eigenvalue weighted by Crippen LogP contribution is 2.37. The quantitative estimate of drug-likeness (QED) is 0.498. The Morgan fingerprint density at radius 2 is 1.40 bits per heavy atom. The molecule has 0 heterocycles. The van der Waals surface area contributed by atoms with Crippen LogP contribution >= 0.6 is 0 Å². The number of hydrogen-bond acceptors (Lipinski definition) is 2. The van der Waals surface area contributed by atoms with Crippen molar-refractivity contribution in [1.29, 1.82) is 0 Å². The molecule has 0 aromatic heterocycles. The van der Waals surface area contributed by atoms with Gasteiger partial charge in [-0.25, -0.2) is 0 Å². The van der Waals surface area contributed by atoms with Crippen molar-refractivity contribution >= 4 is 22.4 Å². The zero-order chi connectivity index (χ0) is 22.1. The van der Waals surface area contributed by atoms with Crippen molar-refractivity contribution in [3.8, 4) is 5.75 Å². The normalized spacial score (nSPS) is 13.2. The molecule has 0 aliphatic carbocycles. The molecule has 158 valence electrons. The molecule has 0 saturated heterocycles. The minimum absolute atomic E-state index is 0.00926. The third-order valence-electron chi connectivity index (χ3n) is 4.26. The third-order valence-corrected chi connectivity index (χ3v) is 4.26. The summed E-state index contributed by atoms with van der Waals surface area (Å²) in [6.07, 6.45) is -11.2. The van der Waals surface area contributed by atoms with E-state index < -0.39 is 41.2 Å². The van der Waals surface area contributed by atoms with Crippen molar-refractivity contribution in [2.45, 2.75) is 25.4 Å². The monoisotopic (exact) mass is 427 g/mol. The summed E-state index contributed by atoms with van der Waals surface area (Å²) in [6.45, 7) is 1.34. The van der Waals surface area contributed by atoms with Gasteiger partial charge in [0, 0.05) is 5.69 Å². The van der Waals surface area contributed by atoms with Gasteiger partial charge in [0.1, 0.15) is 5.75 Å². The number of amides is 1. The number of hydrogen-bond donors (Lipinski definition) is 1. The summed E-state index contributed by atoms with van der Waals surface area (Å²) in [5.41, 5.74) is -3.66. The van der Waals surface area contributed by atoms with Crippen molar-refractivity contribution in [3.05, 3.63) is 71.8 Å². The van der Waals surface area contributed by atoms with Crippen LogP contribution in [0, 0.1) is 0 Å². The van der Waals surface area contributed by atoms with Crippen LogP contribution in [0.25, 0.3) is 10.8 Å². The van der Waals surface area contributed by atoms with E-state index in [0.29, 0.717) is 17.9 Å². The molecule has 0 radical (unpaired) electrons. The molecule has 1 amide bonds. The van der Waals surface area contributed by atoms with E-state index in [2.05, 4.69) is 5.32 Å². The number of nitrogens with one attached hydrogen (secondary N) is 1. The Labute approximate surface area is 167 Å². The predicted molar refractivity (Wildman–Crippen MR) is 99.1 cm³/mol. The molecule has 0 fully saturated rings. The second-order valence-electron chi connectivity index (χ2n) is 6.55. The van der Waals surface area contributed by atoms with Crippen molar-refractivity contribution in [2.24, 2.45) is 0 Å². The molecule has 1 N–H and O–H groups in total. The van der Waals surface area contributed by atoms with Crippen LogP contribution in [0.1, 0.15) is 18.1 Å². The van der Waals surface area contributed by atoms with Crippen molar-refractivity contribution in [2.75, 3.05) is 5.32 Å². The fourth-order valence-electron chi connectivity index (χ4n) is 2.77. The highest BCUT2D eigenvalue weighted by Gasteiger charge is 2.37. The van der Waals surface area contributed by atoms with Gasteiger partial charge in [-0.05, 0) is 48.0 Å². The number of benzene rings is 3. The lowest BCUT2D eigenvalue weighted by Crippen LogP contribution is -2.30. The molecule has 0 spiro atoms. The van der Waals surface area contributed by atoms with E-state index in [1.807, 2.05) is 24.3 Å². The summed E-state index contributed by atoms with van der Waals surface area (Å²) in [6, 6.07) is 13.3. The average Bonchev–Trinajstić information content (AvgIpc) is 2.66. The molecule has 0 saturated carbocycles. The van der Waals surface area contributed by atoms with Gasteiger partial charge in [0.15, 0.2) is 6.10 Å². The molecule has 30 heavy (non-hydrogen) atoms. The van der Waals surface area contributed by atoms with E-state index in [1.54, 1.807) is 18.2 Å². The Kier molecular flexibility index (Phi) is 5.65. The largest absolute Gasteiger partial charge is 0.481 e.